The largest absolute Gasteiger partial charge is 0.0619 e. The maximum Gasteiger partial charge on any atom is 0.0419 e. The molecule has 4 aromatic rings. The Labute approximate surface area is 259 Å². The van der Waals surface area contributed by atoms with E-state index >= 15 is 0 Å². The van der Waals surface area contributed by atoms with Crippen LogP contribution < -0.4 is 0 Å². The predicted molar refractivity (Wildman–Crippen MR) is 171 cm³/mol. The predicted octanol–water partition coefficient (Wildman–Crippen LogP) is 11.1. The molecular formula is C34H28Br4. The van der Waals surface area contributed by atoms with Crippen molar-refractivity contribution in [3.63, 3.8) is 0 Å². The lowest BCUT2D eigenvalue weighted by Gasteiger charge is -2.74. The van der Waals surface area contributed by atoms with Crippen LogP contribution in [0.3, 0.4) is 0 Å². The number of rotatable bonds is 4. The van der Waals surface area contributed by atoms with Gasteiger partial charge in [0.25, 0.3) is 0 Å². The van der Waals surface area contributed by atoms with Gasteiger partial charge in [-0.3, -0.25) is 0 Å². The molecule has 0 atom stereocenters. The highest BCUT2D eigenvalue weighted by Crippen LogP contribution is 2.78. The Balaban J connectivity index is 1.73. The van der Waals surface area contributed by atoms with Crippen molar-refractivity contribution < 1.29 is 0 Å². The zero-order chi connectivity index (χ0) is 26.1. The lowest BCUT2D eigenvalue weighted by Crippen LogP contribution is -2.72. The number of hydrogen-bond donors (Lipinski definition) is 0. The van der Waals surface area contributed by atoms with Gasteiger partial charge in [0.05, 0.1) is 0 Å². The second-order valence-corrected chi connectivity index (χ2v) is 15.0. The third kappa shape index (κ3) is 3.36. The SMILES string of the molecule is Brc1ccccc1C12CC3CC(C1)CC(c1ccccc1Br)(C3)C2(c1ccccc1Br)c1ccccc1Br. The number of hydrogen-bond acceptors (Lipinski definition) is 0. The lowest BCUT2D eigenvalue weighted by molar-refractivity contribution is -0.0915. The Morgan fingerprint density at radius 3 is 1.03 bits per heavy atom. The molecule has 0 amide bonds. The summed E-state index contributed by atoms with van der Waals surface area (Å²) in [7, 11) is 0. The van der Waals surface area contributed by atoms with Crippen molar-refractivity contribution >= 4 is 63.7 Å². The van der Waals surface area contributed by atoms with Crippen LogP contribution in [0.1, 0.15) is 54.4 Å². The molecule has 192 valence electrons. The fraction of sp³-hybridized carbons (Fsp3) is 0.294. The average Bonchev–Trinajstić information content (AvgIpc) is 2.90. The van der Waals surface area contributed by atoms with E-state index in [2.05, 4.69) is 161 Å². The number of benzene rings is 4. The Hall–Kier alpha value is -1.20. The minimum absolute atomic E-state index is 0.0831. The molecule has 4 fully saturated rings. The maximum absolute atomic E-state index is 4.12. The minimum Gasteiger partial charge on any atom is -0.0619 e. The second kappa shape index (κ2) is 9.43. The summed E-state index contributed by atoms with van der Waals surface area (Å²) < 4.78 is 4.85. The van der Waals surface area contributed by atoms with Crippen molar-refractivity contribution in [2.24, 2.45) is 11.8 Å². The molecule has 38 heavy (non-hydrogen) atoms. The fourth-order valence-electron chi connectivity index (χ4n) is 9.41. The van der Waals surface area contributed by atoms with Crippen LogP contribution in [0.25, 0.3) is 0 Å². The summed E-state index contributed by atoms with van der Waals surface area (Å²) in [6.45, 7) is 0. The van der Waals surface area contributed by atoms with E-state index in [9.17, 15) is 0 Å². The van der Waals surface area contributed by atoms with Gasteiger partial charge in [-0.25, -0.2) is 0 Å². The van der Waals surface area contributed by atoms with Gasteiger partial charge in [0.15, 0.2) is 0 Å². The molecule has 4 aliphatic carbocycles. The van der Waals surface area contributed by atoms with Gasteiger partial charge in [-0.15, -0.1) is 0 Å². The first-order chi connectivity index (χ1) is 18.4. The average molecular weight is 756 g/mol. The van der Waals surface area contributed by atoms with Gasteiger partial charge in [-0.05, 0) is 90.5 Å². The van der Waals surface area contributed by atoms with Gasteiger partial charge in [0.2, 0.25) is 0 Å². The van der Waals surface area contributed by atoms with Crippen LogP contribution in [0.4, 0.5) is 0 Å². The van der Waals surface area contributed by atoms with Crippen LogP contribution in [-0.4, -0.2) is 0 Å². The van der Waals surface area contributed by atoms with Gasteiger partial charge in [-0.2, -0.15) is 0 Å². The van der Waals surface area contributed by atoms with E-state index in [1.54, 1.807) is 0 Å². The summed E-state index contributed by atoms with van der Waals surface area (Å²) in [5.41, 5.74) is 5.24. The molecule has 0 saturated heterocycles. The van der Waals surface area contributed by atoms with Gasteiger partial charge in [-0.1, -0.05) is 137 Å². The van der Waals surface area contributed by atoms with Crippen LogP contribution in [-0.2, 0) is 16.2 Å². The van der Waals surface area contributed by atoms with Crippen LogP contribution in [0.5, 0.6) is 0 Å². The van der Waals surface area contributed by atoms with E-state index in [1.165, 1.54) is 72.2 Å². The van der Waals surface area contributed by atoms with Crippen LogP contribution in [0, 0.1) is 11.8 Å². The van der Waals surface area contributed by atoms with Crippen molar-refractivity contribution in [1.82, 2.24) is 0 Å². The summed E-state index contributed by atoms with van der Waals surface area (Å²) in [6, 6.07) is 36.3. The highest BCUT2D eigenvalue weighted by Gasteiger charge is 2.74. The standard InChI is InChI=1S/C34H28Br4/c35-28-13-5-1-9-24(28)32-18-22-17-23(19-32)21-33(20-22,25-10-2-6-14-29(25)36)34(32,26-11-3-7-15-30(26)37)27-12-4-8-16-31(27)38/h1-16,22-23H,17-21H2. The Morgan fingerprint density at radius 1 is 0.421 bits per heavy atom. The molecule has 4 aliphatic rings. The van der Waals surface area contributed by atoms with Crippen molar-refractivity contribution in [3.05, 3.63) is 137 Å². The smallest absolute Gasteiger partial charge is 0.0419 e. The maximum atomic E-state index is 4.12. The highest BCUT2D eigenvalue weighted by atomic mass is 79.9. The molecule has 0 heterocycles. The van der Waals surface area contributed by atoms with E-state index in [-0.39, 0.29) is 16.2 Å². The molecule has 4 saturated carbocycles. The third-order valence-corrected chi connectivity index (χ3v) is 12.8. The molecule has 0 unspecified atom stereocenters. The van der Waals surface area contributed by atoms with E-state index in [0.717, 1.165) is 0 Å². The third-order valence-electron chi connectivity index (χ3n) is 9.99. The van der Waals surface area contributed by atoms with E-state index in [1.807, 2.05) is 0 Å². The molecule has 4 aromatic carbocycles. The van der Waals surface area contributed by atoms with Crippen molar-refractivity contribution in [1.29, 1.82) is 0 Å². The molecule has 0 nitrogen and oxygen atoms in total. The van der Waals surface area contributed by atoms with Gasteiger partial charge in [0, 0.05) is 34.1 Å². The topological polar surface area (TPSA) is 0 Å². The molecular weight excluding hydrogens is 728 g/mol. The van der Waals surface area contributed by atoms with Gasteiger partial charge in [0.1, 0.15) is 0 Å². The summed E-state index contributed by atoms with van der Waals surface area (Å²) in [5, 5.41) is 0. The normalized spacial score (nSPS) is 28.9. The zero-order valence-corrected chi connectivity index (χ0v) is 27.3. The molecule has 4 heteroatoms. The Bertz CT molecular complexity index is 1410. The molecule has 0 aliphatic heterocycles. The molecule has 0 radical (unpaired) electrons. The summed E-state index contributed by atoms with van der Waals surface area (Å²) in [4.78, 5) is 0. The zero-order valence-electron chi connectivity index (χ0n) is 20.9. The van der Waals surface area contributed by atoms with Crippen LogP contribution >= 0.6 is 63.7 Å². The second-order valence-electron chi connectivity index (χ2n) is 11.6. The molecule has 0 spiro atoms. The molecule has 4 bridgehead atoms. The Morgan fingerprint density at radius 2 is 0.711 bits per heavy atom. The minimum atomic E-state index is -0.304. The molecule has 0 aromatic heterocycles. The number of halogens is 4. The molecule has 0 N–H and O–H groups in total. The monoisotopic (exact) mass is 752 g/mol. The Kier molecular flexibility index (Phi) is 6.39. The van der Waals surface area contributed by atoms with Crippen molar-refractivity contribution in [2.75, 3.05) is 0 Å². The summed E-state index contributed by atoms with van der Waals surface area (Å²) >= 11 is 16.4. The van der Waals surface area contributed by atoms with Gasteiger partial charge < -0.3 is 0 Å². The molecule has 8 rings (SSSR count). The van der Waals surface area contributed by atoms with Crippen molar-refractivity contribution in [2.45, 2.75) is 48.3 Å². The van der Waals surface area contributed by atoms with E-state index in [4.69, 9.17) is 0 Å². The first kappa shape index (κ1) is 25.7. The van der Waals surface area contributed by atoms with Gasteiger partial charge >= 0.3 is 0 Å². The highest BCUT2D eigenvalue weighted by molar-refractivity contribution is 9.11. The van der Waals surface area contributed by atoms with Crippen molar-refractivity contribution in [3.8, 4) is 0 Å². The first-order valence-corrected chi connectivity index (χ1v) is 16.6. The van der Waals surface area contributed by atoms with Crippen LogP contribution in [0.2, 0.25) is 0 Å². The van der Waals surface area contributed by atoms with Crippen LogP contribution in [0.15, 0.2) is 115 Å². The van der Waals surface area contributed by atoms with E-state index < -0.39 is 0 Å². The first-order valence-electron chi connectivity index (χ1n) is 13.4. The summed E-state index contributed by atoms with van der Waals surface area (Å²) in [5.74, 6) is 1.39. The lowest BCUT2D eigenvalue weighted by atomic mass is 9.29. The fourth-order valence-corrected chi connectivity index (χ4v) is 11.9. The quantitative estimate of drug-likeness (QED) is 0.195. The van der Waals surface area contributed by atoms with E-state index in [0.29, 0.717) is 11.8 Å². The summed E-state index contributed by atoms with van der Waals surface area (Å²) in [6.07, 6.45) is 6.13.